The van der Waals surface area contributed by atoms with Crippen LogP contribution in [0.3, 0.4) is 0 Å². The minimum absolute atomic E-state index is 0.0661. The molecule has 2 heterocycles. The molecule has 0 saturated carbocycles. The average Bonchev–Trinajstić information content (AvgIpc) is 3.58. The number of halogens is 1. The van der Waals surface area contributed by atoms with Gasteiger partial charge in [-0.1, -0.05) is 60.7 Å². The van der Waals surface area contributed by atoms with E-state index in [9.17, 15) is 19.1 Å². The van der Waals surface area contributed by atoms with Crippen LogP contribution < -0.4 is 14.4 Å². The molecule has 216 valence electrons. The van der Waals surface area contributed by atoms with Crippen molar-refractivity contribution in [3.63, 3.8) is 0 Å². The Bertz CT molecular complexity index is 1610. The number of ketones is 1. The van der Waals surface area contributed by atoms with Crippen LogP contribution in [-0.4, -0.2) is 40.7 Å². The summed E-state index contributed by atoms with van der Waals surface area (Å²) in [6, 6.07) is 18.9. The second-order valence-electron chi connectivity index (χ2n) is 9.44. The Morgan fingerprint density at radius 2 is 1.81 bits per heavy atom. The topological polar surface area (TPSA) is 102 Å². The molecule has 0 aliphatic carbocycles. The molecule has 0 spiro atoms. The Hall–Kier alpha value is -4.22. The molecule has 1 aliphatic heterocycles. The number of ether oxygens (including phenoxy) is 2. The van der Waals surface area contributed by atoms with E-state index in [0.29, 0.717) is 39.3 Å². The van der Waals surface area contributed by atoms with Crippen LogP contribution in [0.2, 0.25) is 0 Å². The molecule has 1 aliphatic rings. The van der Waals surface area contributed by atoms with Crippen molar-refractivity contribution in [3.05, 3.63) is 101 Å². The van der Waals surface area contributed by atoms with Gasteiger partial charge in [-0.3, -0.25) is 14.5 Å². The Labute approximate surface area is 250 Å². The number of hydrogen-bond acceptors (Lipinski definition) is 9. The van der Waals surface area contributed by atoms with Crippen molar-refractivity contribution >= 4 is 45.7 Å². The number of nitrogens with zero attached hydrogens (tertiary/aromatic N) is 3. The lowest BCUT2D eigenvalue weighted by molar-refractivity contribution is -0.132. The SMILES string of the molecule is CCCCOc1ccc(/C(O)=C2\C(=O)C(=O)N(c3nnc(SCc4ccc(F)cc4)s3)C2c2cccc(OC)c2)cc1. The molecule has 1 unspecified atom stereocenters. The van der Waals surface area contributed by atoms with Gasteiger partial charge in [0.15, 0.2) is 4.34 Å². The molecule has 1 aromatic heterocycles. The summed E-state index contributed by atoms with van der Waals surface area (Å²) in [5, 5.41) is 20.1. The normalized spacial score (nSPS) is 16.2. The number of unbranched alkanes of at least 4 members (excludes halogenated alkanes) is 1. The highest BCUT2D eigenvalue weighted by Crippen LogP contribution is 2.44. The van der Waals surface area contributed by atoms with Crippen LogP contribution in [0.5, 0.6) is 11.5 Å². The molecular weight excluding hydrogens is 577 g/mol. The van der Waals surface area contributed by atoms with Gasteiger partial charge in [0.05, 0.1) is 25.3 Å². The summed E-state index contributed by atoms with van der Waals surface area (Å²) >= 11 is 2.54. The molecule has 4 aromatic rings. The molecule has 1 N–H and O–H groups in total. The third-order valence-corrected chi connectivity index (χ3v) is 8.75. The van der Waals surface area contributed by atoms with E-state index in [1.54, 1.807) is 60.7 Å². The van der Waals surface area contributed by atoms with E-state index in [1.807, 2.05) is 0 Å². The number of anilines is 1. The molecular formula is C31H28FN3O5S2. The maximum Gasteiger partial charge on any atom is 0.301 e. The van der Waals surface area contributed by atoms with Gasteiger partial charge in [0.2, 0.25) is 5.13 Å². The van der Waals surface area contributed by atoms with Gasteiger partial charge < -0.3 is 14.6 Å². The number of aromatic nitrogens is 2. The average molecular weight is 606 g/mol. The van der Waals surface area contributed by atoms with Crippen molar-refractivity contribution < 1.29 is 28.6 Å². The highest BCUT2D eigenvalue weighted by Gasteiger charge is 2.48. The minimum atomic E-state index is -0.969. The first kappa shape index (κ1) is 29.3. The van der Waals surface area contributed by atoms with E-state index < -0.39 is 17.7 Å². The number of carbonyl (C=O) groups is 2. The van der Waals surface area contributed by atoms with Crippen LogP contribution in [-0.2, 0) is 15.3 Å². The smallest absolute Gasteiger partial charge is 0.301 e. The van der Waals surface area contributed by atoms with Gasteiger partial charge in [0.1, 0.15) is 23.1 Å². The zero-order valence-electron chi connectivity index (χ0n) is 23.0. The first-order valence-electron chi connectivity index (χ1n) is 13.3. The standard InChI is InChI=1S/C31H28FN3O5S2/c1-3-4-16-40-23-14-10-20(11-15-23)27(36)25-26(21-6-5-7-24(17-21)39-2)35(29(38)28(25)37)30-33-34-31(42-30)41-18-19-8-12-22(32)13-9-19/h5-15,17,26,36H,3-4,16,18H2,1-2H3/b27-25+. The lowest BCUT2D eigenvalue weighted by Crippen LogP contribution is -2.29. The van der Waals surface area contributed by atoms with E-state index in [4.69, 9.17) is 9.47 Å². The van der Waals surface area contributed by atoms with Crippen LogP contribution in [0, 0.1) is 5.82 Å². The molecule has 42 heavy (non-hydrogen) atoms. The monoisotopic (exact) mass is 605 g/mol. The van der Waals surface area contributed by atoms with Gasteiger partial charge in [-0.15, -0.1) is 10.2 Å². The number of aliphatic hydroxyl groups excluding tert-OH is 1. The van der Waals surface area contributed by atoms with Gasteiger partial charge >= 0.3 is 5.91 Å². The maximum atomic E-state index is 13.5. The van der Waals surface area contributed by atoms with E-state index in [2.05, 4.69) is 17.1 Å². The van der Waals surface area contributed by atoms with Crippen molar-refractivity contribution in [2.24, 2.45) is 0 Å². The molecule has 1 fully saturated rings. The van der Waals surface area contributed by atoms with Crippen LogP contribution >= 0.6 is 23.1 Å². The maximum absolute atomic E-state index is 13.5. The Morgan fingerprint density at radius 1 is 1.05 bits per heavy atom. The summed E-state index contributed by atoms with van der Waals surface area (Å²) in [7, 11) is 1.52. The fourth-order valence-corrected chi connectivity index (χ4v) is 6.26. The second-order valence-corrected chi connectivity index (χ2v) is 11.6. The number of carbonyl (C=O) groups excluding carboxylic acids is 2. The van der Waals surface area contributed by atoms with Crippen LogP contribution in [0.15, 0.2) is 82.7 Å². The molecule has 1 atom stereocenters. The number of Topliss-reactive ketones (excluding diaryl/α,β-unsaturated/α-hetero) is 1. The number of benzene rings is 3. The largest absolute Gasteiger partial charge is 0.507 e. The van der Waals surface area contributed by atoms with E-state index in [1.165, 1.54) is 35.9 Å². The summed E-state index contributed by atoms with van der Waals surface area (Å²) in [5.41, 5.74) is 1.77. The van der Waals surface area contributed by atoms with Crippen molar-refractivity contribution in [2.75, 3.05) is 18.6 Å². The zero-order chi connectivity index (χ0) is 29.6. The summed E-state index contributed by atoms with van der Waals surface area (Å²) in [4.78, 5) is 28.2. The quantitative estimate of drug-likeness (QED) is 0.0499. The molecule has 0 radical (unpaired) electrons. The highest BCUT2D eigenvalue weighted by atomic mass is 32.2. The summed E-state index contributed by atoms with van der Waals surface area (Å²) in [6.07, 6.45) is 1.93. The lowest BCUT2D eigenvalue weighted by atomic mass is 9.95. The fourth-order valence-electron chi connectivity index (χ4n) is 4.44. The molecule has 5 rings (SSSR count). The number of thioether (sulfide) groups is 1. The molecule has 0 bridgehead atoms. The lowest BCUT2D eigenvalue weighted by Gasteiger charge is -2.23. The number of amides is 1. The van der Waals surface area contributed by atoms with Crippen LogP contribution in [0.1, 0.15) is 42.5 Å². The fraction of sp³-hybridized carbons (Fsp3) is 0.226. The molecule has 8 nitrogen and oxygen atoms in total. The minimum Gasteiger partial charge on any atom is -0.507 e. The Morgan fingerprint density at radius 3 is 2.52 bits per heavy atom. The first-order valence-corrected chi connectivity index (χ1v) is 15.1. The van der Waals surface area contributed by atoms with E-state index in [-0.39, 0.29) is 22.3 Å². The number of methoxy groups -OCH3 is 1. The van der Waals surface area contributed by atoms with E-state index in [0.717, 1.165) is 29.7 Å². The number of hydrogen-bond donors (Lipinski definition) is 1. The third kappa shape index (κ3) is 6.32. The summed E-state index contributed by atoms with van der Waals surface area (Å²) in [5.74, 6) is -0.589. The molecule has 3 aromatic carbocycles. The van der Waals surface area contributed by atoms with E-state index >= 15 is 0 Å². The predicted octanol–water partition coefficient (Wildman–Crippen LogP) is 6.78. The molecule has 1 saturated heterocycles. The summed E-state index contributed by atoms with van der Waals surface area (Å²) in [6.45, 7) is 2.66. The van der Waals surface area contributed by atoms with Gasteiger partial charge in [-0.05, 0) is 66.1 Å². The highest BCUT2D eigenvalue weighted by molar-refractivity contribution is 8.00. The van der Waals surface area contributed by atoms with Crippen molar-refractivity contribution in [1.82, 2.24) is 10.2 Å². The van der Waals surface area contributed by atoms with Gasteiger partial charge in [-0.25, -0.2) is 4.39 Å². The van der Waals surface area contributed by atoms with Crippen molar-refractivity contribution in [1.29, 1.82) is 0 Å². The number of rotatable bonds is 11. The Balaban J connectivity index is 1.49. The second kappa shape index (κ2) is 13.2. The van der Waals surface area contributed by atoms with Crippen LogP contribution in [0.4, 0.5) is 9.52 Å². The predicted molar refractivity (Wildman–Crippen MR) is 160 cm³/mol. The van der Waals surface area contributed by atoms with Gasteiger partial charge in [0, 0.05) is 11.3 Å². The molecule has 1 amide bonds. The Kier molecular flexibility index (Phi) is 9.19. The zero-order valence-corrected chi connectivity index (χ0v) is 24.6. The first-order chi connectivity index (χ1) is 20.4. The third-order valence-electron chi connectivity index (χ3n) is 6.63. The summed E-state index contributed by atoms with van der Waals surface area (Å²) < 4.78 is 24.9. The van der Waals surface area contributed by atoms with Crippen molar-refractivity contribution in [2.45, 2.75) is 35.9 Å². The van der Waals surface area contributed by atoms with Crippen LogP contribution in [0.25, 0.3) is 5.76 Å². The number of aliphatic hydroxyl groups is 1. The van der Waals surface area contributed by atoms with Gasteiger partial charge in [0.25, 0.3) is 5.78 Å². The van der Waals surface area contributed by atoms with Crippen molar-refractivity contribution in [3.8, 4) is 11.5 Å². The molecule has 11 heteroatoms. The van der Waals surface area contributed by atoms with Gasteiger partial charge in [-0.2, -0.15) is 0 Å².